The van der Waals surface area contributed by atoms with Gasteiger partial charge in [0.1, 0.15) is 18.9 Å². The Morgan fingerprint density at radius 2 is 1.74 bits per heavy atom. The summed E-state index contributed by atoms with van der Waals surface area (Å²) in [5.41, 5.74) is 1.42. The molecule has 1 saturated heterocycles. The normalized spacial score (nSPS) is 24.3. The van der Waals surface area contributed by atoms with Gasteiger partial charge in [-0.25, -0.2) is 0 Å². The highest BCUT2D eigenvalue weighted by molar-refractivity contribution is 6.07. The molecule has 7 nitrogen and oxygen atoms in total. The summed E-state index contributed by atoms with van der Waals surface area (Å²) in [6, 6.07) is 17.6. The molecule has 0 radical (unpaired) electrons. The molecular formula is C27H34N4O3. The van der Waals surface area contributed by atoms with E-state index in [0.717, 1.165) is 62.7 Å². The number of nitrogens with one attached hydrogen (secondary N) is 1. The Kier molecular flexibility index (Phi) is 6.57. The third-order valence-corrected chi connectivity index (χ3v) is 7.55. The van der Waals surface area contributed by atoms with Gasteiger partial charge in [-0.2, -0.15) is 0 Å². The number of likely N-dealkylation sites (N-methyl/N-ethyl adjacent to an activating group) is 1. The Labute approximate surface area is 201 Å². The van der Waals surface area contributed by atoms with E-state index in [-0.39, 0.29) is 24.3 Å². The molecule has 2 amide bonds. The van der Waals surface area contributed by atoms with Crippen molar-refractivity contribution >= 4 is 17.5 Å². The fraction of sp³-hybridized carbons (Fsp3) is 0.481. The maximum absolute atomic E-state index is 13.6. The van der Waals surface area contributed by atoms with E-state index in [1.165, 1.54) is 0 Å². The molecular weight excluding hydrogens is 428 g/mol. The number of nitrogens with zero attached hydrogens (tertiary/aromatic N) is 3. The van der Waals surface area contributed by atoms with Crippen LogP contribution in [0.1, 0.15) is 24.8 Å². The highest BCUT2D eigenvalue weighted by Crippen LogP contribution is 2.65. The van der Waals surface area contributed by atoms with Crippen molar-refractivity contribution in [1.82, 2.24) is 15.1 Å². The first-order valence-electron chi connectivity index (χ1n) is 12.4. The van der Waals surface area contributed by atoms with E-state index in [1.54, 1.807) is 4.90 Å². The van der Waals surface area contributed by atoms with Crippen LogP contribution < -0.4 is 15.0 Å². The zero-order valence-electron chi connectivity index (χ0n) is 19.9. The molecule has 7 heteroatoms. The van der Waals surface area contributed by atoms with Crippen LogP contribution in [0.4, 0.5) is 5.69 Å². The van der Waals surface area contributed by atoms with Gasteiger partial charge in [-0.3, -0.25) is 14.5 Å². The molecule has 2 aromatic carbocycles. The van der Waals surface area contributed by atoms with Crippen LogP contribution in [0.25, 0.3) is 0 Å². The van der Waals surface area contributed by atoms with Crippen LogP contribution in [0.3, 0.4) is 0 Å². The Morgan fingerprint density at radius 1 is 1.03 bits per heavy atom. The second-order valence-corrected chi connectivity index (χ2v) is 9.59. The van der Waals surface area contributed by atoms with E-state index < -0.39 is 5.41 Å². The maximum Gasteiger partial charge on any atom is 0.240 e. The Balaban J connectivity index is 1.20. The number of amides is 2. The van der Waals surface area contributed by atoms with Gasteiger partial charge in [0.2, 0.25) is 11.8 Å². The second kappa shape index (κ2) is 9.76. The lowest BCUT2D eigenvalue weighted by Crippen LogP contribution is -2.50. The number of hydrogen-bond donors (Lipinski definition) is 1. The molecule has 1 aliphatic carbocycles. The van der Waals surface area contributed by atoms with Crippen molar-refractivity contribution in [2.45, 2.75) is 19.3 Å². The van der Waals surface area contributed by atoms with Crippen LogP contribution >= 0.6 is 0 Å². The number of rotatable bonds is 9. The molecule has 0 unspecified atom stereocenters. The monoisotopic (exact) mass is 462 g/mol. The van der Waals surface area contributed by atoms with E-state index in [4.69, 9.17) is 4.74 Å². The lowest BCUT2D eigenvalue weighted by molar-refractivity contribution is -0.128. The SMILES string of the molecule is CCN1CCN(CCNC(=O)CN2C(=O)[C@@]3(COc4ccccc4)C[C@H]3c3ccccc32)CC1. The fourth-order valence-corrected chi connectivity index (χ4v) is 5.34. The van der Waals surface area contributed by atoms with Crippen molar-refractivity contribution in [3.63, 3.8) is 0 Å². The Morgan fingerprint density at radius 3 is 2.50 bits per heavy atom. The minimum Gasteiger partial charge on any atom is -0.492 e. The first-order chi connectivity index (χ1) is 16.6. The summed E-state index contributed by atoms with van der Waals surface area (Å²) in [5, 5.41) is 3.03. The molecule has 1 N–H and O–H groups in total. The first-order valence-corrected chi connectivity index (χ1v) is 12.4. The number of benzene rings is 2. The number of carbonyl (C=O) groups is 2. The number of anilines is 1. The molecule has 0 spiro atoms. The van der Waals surface area contributed by atoms with Crippen molar-refractivity contribution in [2.75, 3.05) is 63.9 Å². The third kappa shape index (κ3) is 4.55. The maximum atomic E-state index is 13.6. The number of piperazine rings is 1. The summed E-state index contributed by atoms with van der Waals surface area (Å²) in [6.45, 7) is 9.32. The average Bonchev–Trinajstić information content (AvgIpc) is 3.63. The summed E-state index contributed by atoms with van der Waals surface area (Å²) >= 11 is 0. The first kappa shape index (κ1) is 22.9. The predicted molar refractivity (Wildman–Crippen MR) is 132 cm³/mol. The molecule has 34 heavy (non-hydrogen) atoms. The van der Waals surface area contributed by atoms with Gasteiger partial charge in [0.15, 0.2) is 0 Å². The van der Waals surface area contributed by atoms with E-state index in [1.807, 2.05) is 48.5 Å². The van der Waals surface area contributed by atoms with Crippen LogP contribution in [-0.4, -0.2) is 80.6 Å². The lowest BCUT2D eigenvalue weighted by atomic mass is 9.92. The number of para-hydroxylation sites is 2. The Bertz CT molecular complexity index is 1020. The number of ether oxygens (including phenoxy) is 1. The van der Waals surface area contributed by atoms with Crippen LogP contribution in [0.15, 0.2) is 54.6 Å². The minimum atomic E-state index is -0.580. The van der Waals surface area contributed by atoms with E-state index in [9.17, 15) is 9.59 Å². The van der Waals surface area contributed by atoms with Gasteiger partial charge in [0.05, 0.1) is 5.41 Å². The summed E-state index contributed by atoms with van der Waals surface area (Å²) in [6.07, 6.45) is 0.761. The number of hydrogen-bond acceptors (Lipinski definition) is 5. The van der Waals surface area contributed by atoms with E-state index >= 15 is 0 Å². The van der Waals surface area contributed by atoms with Gasteiger partial charge in [0.25, 0.3) is 0 Å². The van der Waals surface area contributed by atoms with Crippen LogP contribution in [-0.2, 0) is 9.59 Å². The minimum absolute atomic E-state index is 0.00188. The van der Waals surface area contributed by atoms with Crippen LogP contribution in [0.5, 0.6) is 5.75 Å². The zero-order chi connectivity index (χ0) is 23.5. The lowest BCUT2D eigenvalue weighted by Gasteiger charge is -2.34. The van der Waals surface area contributed by atoms with E-state index in [0.29, 0.717) is 13.2 Å². The topological polar surface area (TPSA) is 65.1 Å². The standard InChI is InChI=1S/C27H34N4O3/c1-2-29-14-16-30(17-15-29)13-12-28-25(32)19-31-24-11-7-6-10-22(24)23-18-27(23,26(31)33)20-34-21-8-4-3-5-9-21/h3-11,23H,2,12-20H2,1H3,(H,28,32)/t23-,27+/m0/s1. The van der Waals surface area contributed by atoms with Crippen LogP contribution in [0.2, 0.25) is 0 Å². The summed E-state index contributed by atoms with van der Waals surface area (Å²) in [4.78, 5) is 33.0. The predicted octanol–water partition coefficient (Wildman–Crippen LogP) is 2.34. The average molecular weight is 463 g/mol. The molecule has 0 bridgehead atoms. The Hall–Kier alpha value is -2.90. The number of carbonyl (C=O) groups excluding carboxylic acids is 2. The van der Waals surface area contributed by atoms with Crippen molar-refractivity contribution in [3.05, 3.63) is 60.2 Å². The molecule has 5 rings (SSSR count). The highest BCUT2D eigenvalue weighted by atomic mass is 16.5. The molecule has 3 aliphatic rings. The van der Waals surface area contributed by atoms with Crippen molar-refractivity contribution in [3.8, 4) is 5.75 Å². The fourth-order valence-electron chi connectivity index (χ4n) is 5.34. The van der Waals surface area contributed by atoms with Gasteiger partial charge in [-0.15, -0.1) is 0 Å². The summed E-state index contributed by atoms with van der Waals surface area (Å²) < 4.78 is 6.02. The molecule has 2 fully saturated rings. The van der Waals surface area contributed by atoms with Crippen molar-refractivity contribution in [1.29, 1.82) is 0 Å². The molecule has 2 heterocycles. The second-order valence-electron chi connectivity index (χ2n) is 9.59. The zero-order valence-corrected chi connectivity index (χ0v) is 19.9. The molecule has 2 atom stereocenters. The summed E-state index contributed by atoms with van der Waals surface area (Å²) in [5.74, 6) is 0.797. The third-order valence-electron chi connectivity index (χ3n) is 7.55. The largest absolute Gasteiger partial charge is 0.492 e. The van der Waals surface area contributed by atoms with Gasteiger partial charge in [0, 0.05) is 50.9 Å². The quantitative estimate of drug-likeness (QED) is 0.620. The van der Waals surface area contributed by atoms with Gasteiger partial charge < -0.3 is 19.9 Å². The van der Waals surface area contributed by atoms with Crippen LogP contribution in [0, 0.1) is 5.41 Å². The smallest absolute Gasteiger partial charge is 0.240 e. The van der Waals surface area contributed by atoms with Gasteiger partial charge in [-0.05, 0) is 36.7 Å². The summed E-state index contributed by atoms with van der Waals surface area (Å²) in [7, 11) is 0. The van der Waals surface area contributed by atoms with E-state index in [2.05, 4.69) is 28.1 Å². The molecule has 180 valence electrons. The molecule has 2 aliphatic heterocycles. The highest BCUT2D eigenvalue weighted by Gasteiger charge is 2.66. The molecule has 1 saturated carbocycles. The van der Waals surface area contributed by atoms with Gasteiger partial charge in [-0.1, -0.05) is 43.3 Å². The molecule has 0 aromatic heterocycles. The van der Waals surface area contributed by atoms with Crippen molar-refractivity contribution < 1.29 is 14.3 Å². The molecule has 2 aromatic rings. The van der Waals surface area contributed by atoms with Gasteiger partial charge >= 0.3 is 0 Å². The van der Waals surface area contributed by atoms with Crippen molar-refractivity contribution in [2.24, 2.45) is 5.41 Å². The number of fused-ring (bicyclic) bond motifs is 3.